The lowest BCUT2D eigenvalue weighted by molar-refractivity contribution is 0.0985. The third kappa shape index (κ3) is 4.33. The molecule has 2 rings (SSSR count). The number of nitrogen functional groups attached to an aromatic ring is 1. The van der Waals surface area contributed by atoms with Gasteiger partial charge in [0.1, 0.15) is 12.4 Å². The van der Waals surface area contributed by atoms with Gasteiger partial charge in [-0.1, -0.05) is 24.3 Å². The van der Waals surface area contributed by atoms with Crippen molar-refractivity contribution in [2.45, 2.75) is 6.42 Å². The number of hydrogen-bond acceptors (Lipinski definition) is 4. The molecule has 0 radical (unpaired) electrons. The van der Waals surface area contributed by atoms with Crippen LogP contribution in [0, 0.1) is 0 Å². The summed E-state index contributed by atoms with van der Waals surface area (Å²) in [5.74, 6) is 0.595. The number of carbonyl (C=O) groups is 1. The van der Waals surface area contributed by atoms with Gasteiger partial charge in [0.25, 0.3) is 0 Å². The summed E-state index contributed by atoms with van der Waals surface area (Å²) in [6.45, 7) is 0.900. The lowest BCUT2D eigenvalue weighted by atomic mass is 10.0. The number of rotatable bonds is 7. The maximum absolute atomic E-state index is 12.4. The highest BCUT2D eigenvalue weighted by Gasteiger charge is 2.12. The number of hydrogen-bond donors (Lipinski definition) is 1. The second kappa shape index (κ2) is 7.45. The molecule has 0 unspecified atom stereocenters. The zero-order chi connectivity index (χ0) is 15.1. The standard InChI is InChI=1S/C17H19NO3/c1-20-9-10-21-17-8-3-2-7-15(17)16(19)12-13-5-4-6-14(18)11-13/h2-8,11H,9-10,12,18H2,1H3. The van der Waals surface area contributed by atoms with E-state index in [0.29, 0.717) is 36.6 Å². The normalized spacial score (nSPS) is 10.3. The Labute approximate surface area is 124 Å². The molecule has 0 saturated carbocycles. The van der Waals surface area contributed by atoms with Gasteiger partial charge < -0.3 is 15.2 Å². The monoisotopic (exact) mass is 285 g/mol. The third-order valence-electron chi connectivity index (χ3n) is 3.05. The average Bonchev–Trinajstić information content (AvgIpc) is 2.48. The number of ether oxygens (including phenoxy) is 2. The van der Waals surface area contributed by atoms with Crippen LogP contribution in [0.3, 0.4) is 0 Å². The first-order valence-electron chi connectivity index (χ1n) is 6.79. The smallest absolute Gasteiger partial charge is 0.170 e. The fourth-order valence-electron chi connectivity index (χ4n) is 2.04. The summed E-state index contributed by atoms with van der Waals surface area (Å²) in [5, 5.41) is 0. The molecule has 0 fully saturated rings. The topological polar surface area (TPSA) is 61.5 Å². The number of carbonyl (C=O) groups excluding carboxylic acids is 1. The number of anilines is 1. The summed E-state index contributed by atoms with van der Waals surface area (Å²) < 4.78 is 10.5. The van der Waals surface area contributed by atoms with E-state index in [2.05, 4.69) is 0 Å². The third-order valence-corrected chi connectivity index (χ3v) is 3.05. The highest BCUT2D eigenvalue weighted by molar-refractivity contribution is 6.00. The number of ketones is 1. The number of Topliss-reactive ketones (excluding diaryl/α,β-unsaturated/α-hetero) is 1. The summed E-state index contributed by atoms with van der Waals surface area (Å²) >= 11 is 0. The summed E-state index contributed by atoms with van der Waals surface area (Å²) in [4.78, 5) is 12.4. The molecule has 4 heteroatoms. The molecule has 0 spiro atoms. The zero-order valence-electron chi connectivity index (χ0n) is 12.0. The lowest BCUT2D eigenvalue weighted by Gasteiger charge is -2.10. The lowest BCUT2D eigenvalue weighted by Crippen LogP contribution is -2.10. The van der Waals surface area contributed by atoms with E-state index >= 15 is 0 Å². The van der Waals surface area contributed by atoms with Gasteiger partial charge in [0.05, 0.1) is 12.2 Å². The maximum Gasteiger partial charge on any atom is 0.170 e. The van der Waals surface area contributed by atoms with Crippen molar-refractivity contribution in [2.24, 2.45) is 0 Å². The van der Waals surface area contributed by atoms with Crippen molar-refractivity contribution in [3.63, 3.8) is 0 Å². The van der Waals surface area contributed by atoms with E-state index in [0.717, 1.165) is 5.56 Å². The Bertz CT molecular complexity index is 610. The molecule has 2 aromatic carbocycles. The van der Waals surface area contributed by atoms with Gasteiger partial charge in [0, 0.05) is 19.2 Å². The average molecular weight is 285 g/mol. The second-order valence-electron chi connectivity index (χ2n) is 4.68. The molecular formula is C17H19NO3. The highest BCUT2D eigenvalue weighted by Crippen LogP contribution is 2.20. The Morgan fingerprint density at radius 1 is 1.10 bits per heavy atom. The first-order valence-corrected chi connectivity index (χ1v) is 6.79. The molecule has 0 bridgehead atoms. The molecule has 2 N–H and O–H groups in total. The molecular weight excluding hydrogens is 266 g/mol. The van der Waals surface area contributed by atoms with E-state index in [9.17, 15) is 4.79 Å². The van der Waals surface area contributed by atoms with Crippen molar-refractivity contribution in [1.82, 2.24) is 0 Å². The molecule has 0 atom stereocenters. The van der Waals surface area contributed by atoms with Crippen LogP contribution in [0.5, 0.6) is 5.75 Å². The Morgan fingerprint density at radius 3 is 2.67 bits per heavy atom. The predicted octanol–water partition coefficient (Wildman–Crippen LogP) is 2.72. The minimum atomic E-state index is 0.00798. The highest BCUT2D eigenvalue weighted by atomic mass is 16.5. The van der Waals surface area contributed by atoms with Gasteiger partial charge in [-0.15, -0.1) is 0 Å². The van der Waals surface area contributed by atoms with Crippen LogP contribution in [0.1, 0.15) is 15.9 Å². The zero-order valence-corrected chi connectivity index (χ0v) is 12.0. The second-order valence-corrected chi connectivity index (χ2v) is 4.68. The van der Waals surface area contributed by atoms with Crippen LogP contribution in [0.15, 0.2) is 48.5 Å². The van der Waals surface area contributed by atoms with Crippen LogP contribution >= 0.6 is 0 Å². The van der Waals surface area contributed by atoms with Gasteiger partial charge in [-0.2, -0.15) is 0 Å². The van der Waals surface area contributed by atoms with Crippen molar-refractivity contribution in [1.29, 1.82) is 0 Å². The van der Waals surface area contributed by atoms with Crippen LogP contribution in [-0.2, 0) is 11.2 Å². The molecule has 0 amide bonds. The largest absolute Gasteiger partial charge is 0.490 e. The van der Waals surface area contributed by atoms with Gasteiger partial charge in [0.2, 0.25) is 0 Å². The van der Waals surface area contributed by atoms with Crippen molar-refractivity contribution in [2.75, 3.05) is 26.1 Å². The van der Waals surface area contributed by atoms with Gasteiger partial charge >= 0.3 is 0 Å². The summed E-state index contributed by atoms with van der Waals surface area (Å²) in [6, 6.07) is 14.6. The Morgan fingerprint density at radius 2 is 1.90 bits per heavy atom. The van der Waals surface area contributed by atoms with Crippen molar-refractivity contribution >= 4 is 11.5 Å². The Kier molecular flexibility index (Phi) is 5.35. The van der Waals surface area contributed by atoms with Crippen LogP contribution in [-0.4, -0.2) is 26.1 Å². The first-order chi connectivity index (χ1) is 10.2. The van der Waals surface area contributed by atoms with Gasteiger partial charge in [-0.05, 0) is 29.8 Å². The van der Waals surface area contributed by atoms with Crippen LogP contribution in [0.4, 0.5) is 5.69 Å². The van der Waals surface area contributed by atoms with Crippen molar-refractivity contribution < 1.29 is 14.3 Å². The van der Waals surface area contributed by atoms with Crippen LogP contribution in [0.2, 0.25) is 0 Å². The minimum absolute atomic E-state index is 0.00798. The SMILES string of the molecule is COCCOc1ccccc1C(=O)Cc1cccc(N)c1. The molecule has 0 aliphatic rings. The van der Waals surface area contributed by atoms with E-state index in [4.69, 9.17) is 15.2 Å². The van der Waals surface area contributed by atoms with Gasteiger partial charge in [-0.3, -0.25) is 4.79 Å². The molecule has 0 aliphatic carbocycles. The number of benzene rings is 2. The molecule has 110 valence electrons. The molecule has 4 nitrogen and oxygen atoms in total. The Hall–Kier alpha value is -2.33. The minimum Gasteiger partial charge on any atom is -0.490 e. The van der Waals surface area contributed by atoms with E-state index in [-0.39, 0.29) is 5.78 Å². The van der Waals surface area contributed by atoms with E-state index in [1.54, 1.807) is 25.3 Å². The van der Waals surface area contributed by atoms with Gasteiger partial charge in [-0.25, -0.2) is 0 Å². The van der Waals surface area contributed by atoms with Crippen molar-refractivity contribution in [3.8, 4) is 5.75 Å². The molecule has 0 heterocycles. The predicted molar refractivity (Wildman–Crippen MR) is 82.7 cm³/mol. The first kappa shape index (κ1) is 15.1. The molecule has 21 heavy (non-hydrogen) atoms. The quantitative estimate of drug-likeness (QED) is 0.483. The van der Waals surface area contributed by atoms with Gasteiger partial charge in [0.15, 0.2) is 5.78 Å². The van der Waals surface area contributed by atoms with E-state index in [1.165, 1.54) is 0 Å². The molecule has 0 saturated heterocycles. The number of nitrogens with two attached hydrogens (primary N) is 1. The maximum atomic E-state index is 12.4. The fourth-order valence-corrected chi connectivity index (χ4v) is 2.04. The summed E-state index contributed by atoms with van der Waals surface area (Å²) in [5.41, 5.74) is 7.87. The summed E-state index contributed by atoms with van der Waals surface area (Å²) in [7, 11) is 1.61. The van der Waals surface area contributed by atoms with E-state index in [1.807, 2.05) is 30.3 Å². The van der Waals surface area contributed by atoms with Crippen LogP contribution in [0.25, 0.3) is 0 Å². The molecule has 0 aromatic heterocycles. The molecule has 0 aliphatic heterocycles. The van der Waals surface area contributed by atoms with E-state index < -0.39 is 0 Å². The summed E-state index contributed by atoms with van der Waals surface area (Å²) in [6.07, 6.45) is 0.301. The fraction of sp³-hybridized carbons (Fsp3) is 0.235. The Balaban J connectivity index is 2.11. The number of para-hydroxylation sites is 1. The number of methoxy groups -OCH3 is 1. The van der Waals surface area contributed by atoms with Crippen molar-refractivity contribution in [3.05, 3.63) is 59.7 Å². The van der Waals surface area contributed by atoms with Crippen LogP contribution < -0.4 is 10.5 Å². The molecule has 2 aromatic rings.